The van der Waals surface area contributed by atoms with Gasteiger partial charge in [-0.3, -0.25) is 9.59 Å². The van der Waals surface area contributed by atoms with Gasteiger partial charge in [-0.1, -0.05) is 12.1 Å². The van der Waals surface area contributed by atoms with Gasteiger partial charge in [0.15, 0.2) is 12.4 Å². The molecule has 0 aliphatic carbocycles. The lowest BCUT2D eigenvalue weighted by molar-refractivity contribution is -0.119. The van der Waals surface area contributed by atoms with Gasteiger partial charge in [-0.2, -0.15) is 0 Å². The molecule has 0 atom stereocenters. The zero-order valence-electron chi connectivity index (χ0n) is 17.2. The van der Waals surface area contributed by atoms with Crippen LogP contribution in [0.5, 0.6) is 0 Å². The van der Waals surface area contributed by atoms with Crippen molar-refractivity contribution in [3.05, 3.63) is 87.8 Å². The number of esters is 1. The number of benzene rings is 3. The van der Waals surface area contributed by atoms with Crippen LogP contribution in [0.2, 0.25) is 0 Å². The number of hydrogen-bond acceptors (Lipinski definition) is 7. The summed E-state index contributed by atoms with van der Waals surface area (Å²) in [6.07, 6.45) is 0. The van der Waals surface area contributed by atoms with Gasteiger partial charge >= 0.3 is 11.7 Å². The Labute approximate surface area is 191 Å². The first kappa shape index (κ1) is 21.3. The van der Waals surface area contributed by atoms with Crippen LogP contribution in [0.15, 0.2) is 75.2 Å². The normalized spacial score (nSPS) is 13.7. The van der Waals surface area contributed by atoms with Gasteiger partial charge in [0, 0.05) is 16.8 Å². The Hall–Kier alpha value is -4.51. The summed E-state index contributed by atoms with van der Waals surface area (Å²) in [7, 11) is -4.01. The van der Waals surface area contributed by atoms with Gasteiger partial charge in [0.25, 0.3) is 5.91 Å². The number of aromatic amines is 2. The molecule has 34 heavy (non-hydrogen) atoms. The number of carbonyl (C=O) groups excluding carboxylic acids is 3. The van der Waals surface area contributed by atoms with Gasteiger partial charge in [0.2, 0.25) is 9.84 Å². The summed E-state index contributed by atoms with van der Waals surface area (Å²) in [5.41, 5.74) is 0.971. The number of hydrogen-bond donors (Lipinski definition) is 3. The Kier molecular flexibility index (Phi) is 4.91. The van der Waals surface area contributed by atoms with Crippen LogP contribution in [0.4, 0.5) is 5.69 Å². The first-order valence-electron chi connectivity index (χ1n) is 9.96. The lowest BCUT2D eigenvalue weighted by Crippen LogP contribution is -2.22. The minimum Gasteiger partial charge on any atom is -0.452 e. The summed E-state index contributed by atoms with van der Waals surface area (Å²) in [6, 6.07) is 14.2. The van der Waals surface area contributed by atoms with Crippen LogP contribution in [0.25, 0.3) is 11.0 Å². The SMILES string of the molecule is O=C(COC(=O)c1ccc2c(c1)S(=O)(=O)c1ccccc1C2=O)Nc1ccc2[nH]c(=O)[nH]c2c1. The summed E-state index contributed by atoms with van der Waals surface area (Å²) in [4.78, 5) is 53.4. The Balaban J connectivity index is 1.31. The smallest absolute Gasteiger partial charge is 0.338 e. The number of fused-ring (bicyclic) bond motifs is 3. The van der Waals surface area contributed by atoms with Crippen molar-refractivity contribution in [3.8, 4) is 0 Å². The molecule has 0 bridgehead atoms. The number of carbonyl (C=O) groups is 3. The van der Waals surface area contributed by atoms with Gasteiger partial charge in [0.1, 0.15) is 0 Å². The molecule has 0 radical (unpaired) electrons. The fourth-order valence-corrected chi connectivity index (χ4v) is 5.41. The zero-order valence-corrected chi connectivity index (χ0v) is 18.1. The first-order valence-corrected chi connectivity index (χ1v) is 11.4. The number of H-pyrrole nitrogens is 2. The molecule has 4 aromatic rings. The molecule has 1 aliphatic heterocycles. The highest BCUT2D eigenvalue weighted by Gasteiger charge is 2.35. The molecule has 0 saturated heterocycles. The third-order valence-electron chi connectivity index (χ3n) is 5.31. The van der Waals surface area contributed by atoms with Gasteiger partial charge in [-0.05, 0) is 48.5 Å². The molecule has 0 saturated carbocycles. The van der Waals surface area contributed by atoms with Crippen molar-refractivity contribution in [3.63, 3.8) is 0 Å². The number of amides is 1. The number of rotatable bonds is 4. The number of ketones is 1. The second-order valence-corrected chi connectivity index (χ2v) is 9.39. The van der Waals surface area contributed by atoms with E-state index in [0.29, 0.717) is 16.7 Å². The summed E-state index contributed by atoms with van der Waals surface area (Å²) >= 11 is 0. The van der Waals surface area contributed by atoms with E-state index in [-0.39, 0.29) is 32.2 Å². The summed E-state index contributed by atoms with van der Waals surface area (Å²) in [6.45, 7) is -0.633. The fourth-order valence-electron chi connectivity index (χ4n) is 3.73. The van der Waals surface area contributed by atoms with Crippen molar-refractivity contribution in [2.45, 2.75) is 9.79 Å². The molecular weight excluding hydrogens is 462 g/mol. The van der Waals surface area contributed by atoms with Crippen LogP contribution in [-0.2, 0) is 19.4 Å². The van der Waals surface area contributed by atoms with E-state index in [4.69, 9.17) is 4.74 Å². The molecule has 1 amide bonds. The second kappa shape index (κ2) is 7.81. The zero-order chi connectivity index (χ0) is 24.0. The third kappa shape index (κ3) is 3.57. The minimum atomic E-state index is -4.01. The van der Waals surface area contributed by atoms with E-state index in [1.54, 1.807) is 18.2 Å². The predicted molar refractivity (Wildman–Crippen MR) is 120 cm³/mol. The number of aromatic nitrogens is 2. The monoisotopic (exact) mass is 477 g/mol. The number of anilines is 1. The highest BCUT2D eigenvalue weighted by atomic mass is 32.2. The molecule has 11 heteroatoms. The van der Waals surface area contributed by atoms with Gasteiger partial charge < -0.3 is 20.0 Å². The average Bonchev–Trinajstić information content (AvgIpc) is 3.20. The van der Waals surface area contributed by atoms with E-state index in [0.717, 1.165) is 6.07 Å². The van der Waals surface area contributed by atoms with Crippen LogP contribution < -0.4 is 11.0 Å². The predicted octanol–water partition coefficient (Wildman–Crippen LogP) is 2.03. The second-order valence-electron chi connectivity index (χ2n) is 7.50. The highest BCUT2D eigenvalue weighted by molar-refractivity contribution is 7.91. The topological polar surface area (TPSA) is 155 Å². The van der Waals surface area contributed by atoms with Gasteiger partial charge in [-0.15, -0.1) is 0 Å². The number of ether oxygens (including phenoxy) is 1. The van der Waals surface area contributed by atoms with E-state index < -0.39 is 34.1 Å². The minimum absolute atomic E-state index is 0.0359. The van der Waals surface area contributed by atoms with Crippen molar-refractivity contribution in [2.24, 2.45) is 0 Å². The maximum Gasteiger partial charge on any atom is 0.338 e. The highest BCUT2D eigenvalue weighted by Crippen LogP contribution is 2.34. The molecule has 2 heterocycles. The Morgan fingerprint density at radius 2 is 1.59 bits per heavy atom. The molecule has 5 rings (SSSR count). The Morgan fingerprint density at radius 3 is 2.41 bits per heavy atom. The maximum atomic E-state index is 13.0. The van der Waals surface area contributed by atoms with E-state index in [1.165, 1.54) is 36.4 Å². The molecule has 3 aromatic carbocycles. The lowest BCUT2D eigenvalue weighted by Gasteiger charge is -2.19. The van der Waals surface area contributed by atoms with E-state index in [9.17, 15) is 27.6 Å². The molecule has 1 aliphatic rings. The largest absolute Gasteiger partial charge is 0.452 e. The Morgan fingerprint density at radius 1 is 0.853 bits per heavy atom. The van der Waals surface area contributed by atoms with Crippen molar-refractivity contribution >= 4 is 44.2 Å². The lowest BCUT2D eigenvalue weighted by atomic mass is 10.0. The van der Waals surface area contributed by atoms with E-state index in [2.05, 4.69) is 15.3 Å². The molecule has 0 unspecified atom stereocenters. The standard InChI is InChI=1S/C23H15N3O7S/c27-20(24-13-6-8-16-17(10-13)26-23(30)25-16)11-33-22(29)12-5-7-15-19(9-12)34(31,32)18-4-2-1-3-14(18)21(15)28/h1-10H,11H2,(H,24,27)(H2,25,26,30). The summed E-state index contributed by atoms with van der Waals surface area (Å²) < 4.78 is 31.0. The number of imidazole rings is 1. The van der Waals surface area contributed by atoms with Crippen LogP contribution in [0.3, 0.4) is 0 Å². The molecule has 0 fully saturated rings. The maximum absolute atomic E-state index is 13.0. The molecule has 10 nitrogen and oxygen atoms in total. The molecular formula is C23H15N3O7S. The third-order valence-corrected chi connectivity index (χ3v) is 7.16. The molecule has 1 aromatic heterocycles. The van der Waals surface area contributed by atoms with E-state index >= 15 is 0 Å². The number of sulfone groups is 1. The van der Waals surface area contributed by atoms with Crippen molar-refractivity contribution < 1.29 is 27.5 Å². The first-order chi connectivity index (χ1) is 16.2. The molecule has 0 spiro atoms. The summed E-state index contributed by atoms with van der Waals surface area (Å²) in [5.74, 6) is -2.02. The molecule has 3 N–H and O–H groups in total. The van der Waals surface area contributed by atoms with Gasteiger partial charge in [-0.25, -0.2) is 18.0 Å². The van der Waals surface area contributed by atoms with Gasteiger partial charge in [0.05, 0.1) is 26.4 Å². The van der Waals surface area contributed by atoms with Crippen LogP contribution in [-0.4, -0.2) is 42.7 Å². The average molecular weight is 477 g/mol. The Bertz CT molecular complexity index is 1680. The quantitative estimate of drug-likeness (QED) is 0.335. The van der Waals surface area contributed by atoms with Crippen LogP contribution in [0.1, 0.15) is 26.3 Å². The molecule has 170 valence electrons. The summed E-state index contributed by atoms with van der Waals surface area (Å²) in [5, 5.41) is 2.54. The van der Waals surface area contributed by atoms with Crippen molar-refractivity contribution in [1.29, 1.82) is 0 Å². The van der Waals surface area contributed by atoms with Crippen molar-refractivity contribution in [2.75, 3.05) is 11.9 Å². The van der Waals surface area contributed by atoms with E-state index in [1.807, 2.05) is 0 Å². The fraction of sp³-hybridized carbons (Fsp3) is 0.0435. The van der Waals surface area contributed by atoms with Crippen LogP contribution >= 0.6 is 0 Å². The van der Waals surface area contributed by atoms with Crippen LogP contribution in [0, 0.1) is 0 Å². The van der Waals surface area contributed by atoms with Crippen molar-refractivity contribution in [1.82, 2.24) is 9.97 Å². The number of nitrogens with one attached hydrogen (secondary N) is 3.